The van der Waals surface area contributed by atoms with Crippen molar-refractivity contribution in [3.05, 3.63) is 17.5 Å². The summed E-state index contributed by atoms with van der Waals surface area (Å²) in [6, 6.07) is 1.69. The van der Waals surface area contributed by atoms with Gasteiger partial charge in [-0.15, -0.1) is 0 Å². The number of aliphatic hydroxyl groups excluding tert-OH is 1. The Balaban J connectivity index is 1.58. The zero-order valence-electron chi connectivity index (χ0n) is 14.7. The summed E-state index contributed by atoms with van der Waals surface area (Å²) in [5.74, 6) is 0.733. The molecule has 1 aromatic heterocycles. The number of aliphatic hydroxyl groups is 1. The highest BCUT2D eigenvalue weighted by atomic mass is 16.5. The van der Waals surface area contributed by atoms with E-state index in [0.29, 0.717) is 38.4 Å². The van der Waals surface area contributed by atoms with Gasteiger partial charge in [-0.05, 0) is 26.2 Å². The molecule has 1 spiro atoms. The second kappa shape index (κ2) is 7.43. The summed E-state index contributed by atoms with van der Waals surface area (Å²) in [4.78, 5) is 28.1. The maximum absolute atomic E-state index is 12.5. The molecule has 2 saturated heterocycles. The predicted octanol–water partition coefficient (Wildman–Crippen LogP) is 0.890. The Kier molecular flexibility index (Phi) is 5.27. The predicted molar refractivity (Wildman–Crippen MR) is 89.6 cm³/mol. The van der Waals surface area contributed by atoms with Crippen molar-refractivity contribution < 1.29 is 19.2 Å². The van der Waals surface area contributed by atoms with Gasteiger partial charge in [-0.1, -0.05) is 5.16 Å². The number of nitrogens with zero attached hydrogens (tertiary/aromatic N) is 3. The average molecular weight is 350 g/mol. The number of aryl methyl sites for hydroxylation is 1. The Labute approximate surface area is 147 Å². The fourth-order valence-electron chi connectivity index (χ4n) is 3.92. The van der Waals surface area contributed by atoms with Crippen LogP contribution in [-0.2, 0) is 11.3 Å². The van der Waals surface area contributed by atoms with Crippen molar-refractivity contribution in [2.45, 2.75) is 39.2 Å². The second-order valence-corrected chi connectivity index (χ2v) is 7.16. The average Bonchev–Trinajstić information content (AvgIpc) is 3.02. The molecule has 0 aliphatic carbocycles. The Morgan fingerprint density at radius 2 is 2.28 bits per heavy atom. The van der Waals surface area contributed by atoms with Crippen LogP contribution in [0.3, 0.4) is 0 Å². The molecule has 8 nitrogen and oxygen atoms in total. The van der Waals surface area contributed by atoms with Crippen LogP contribution in [0.15, 0.2) is 10.6 Å². The molecule has 138 valence electrons. The van der Waals surface area contributed by atoms with E-state index in [1.807, 2.05) is 11.8 Å². The van der Waals surface area contributed by atoms with Crippen LogP contribution in [0.1, 0.15) is 37.1 Å². The number of hydrogen-bond acceptors (Lipinski definition) is 5. The fourth-order valence-corrected chi connectivity index (χ4v) is 3.92. The minimum atomic E-state index is -0.112. The molecule has 8 heteroatoms. The van der Waals surface area contributed by atoms with E-state index in [9.17, 15) is 9.59 Å². The normalized spacial score (nSPS) is 24.0. The van der Waals surface area contributed by atoms with Gasteiger partial charge in [-0.25, -0.2) is 4.79 Å². The molecule has 3 rings (SSSR count). The summed E-state index contributed by atoms with van der Waals surface area (Å²) in [6.07, 6.45) is 3.23. The maximum atomic E-state index is 12.5. The van der Waals surface area contributed by atoms with Crippen LogP contribution in [0.4, 0.5) is 4.79 Å². The lowest BCUT2D eigenvalue weighted by molar-refractivity contribution is -0.139. The summed E-state index contributed by atoms with van der Waals surface area (Å²) < 4.78 is 5.11. The molecule has 3 heterocycles. The summed E-state index contributed by atoms with van der Waals surface area (Å²) in [6.45, 7) is 4.49. The van der Waals surface area contributed by atoms with Crippen LogP contribution in [0.2, 0.25) is 0 Å². The molecule has 25 heavy (non-hydrogen) atoms. The standard InChI is InChI=1S/C17H26N4O4/c1-13-9-14(25-19-13)10-18-16(24)21-6-2-4-17(12-21)5-3-15(23)20(11-17)7-8-22/h9,22H,2-8,10-12H2,1H3,(H,18,24)/t17-/m0/s1. The minimum Gasteiger partial charge on any atom is -0.395 e. The number of carbonyl (C=O) groups is 2. The Bertz CT molecular complexity index is 632. The number of urea groups is 1. The summed E-state index contributed by atoms with van der Waals surface area (Å²) in [5.41, 5.74) is 0.735. The van der Waals surface area contributed by atoms with Gasteiger partial charge >= 0.3 is 6.03 Å². The van der Waals surface area contributed by atoms with E-state index < -0.39 is 0 Å². The third-order valence-electron chi connectivity index (χ3n) is 5.16. The molecule has 3 amide bonds. The van der Waals surface area contributed by atoms with Crippen molar-refractivity contribution in [1.29, 1.82) is 0 Å². The van der Waals surface area contributed by atoms with Gasteiger partial charge in [0.2, 0.25) is 5.91 Å². The van der Waals surface area contributed by atoms with E-state index in [-0.39, 0.29) is 24.0 Å². The first-order chi connectivity index (χ1) is 12.0. The summed E-state index contributed by atoms with van der Waals surface area (Å²) >= 11 is 0. The zero-order valence-corrected chi connectivity index (χ0v) is 14.7. The lowest BCUT2D eigenvalue weighted by atomic mass is 9.73. The van der Waals surface area contributed by atoms with Gasteiger partial charge < -0.3 is 24.7 Å². The van der Waals surface area contributed by atoms with Crippen molar-refractivity contribution >= 4 is 11.9 Å². The van der Waals surface area contributed by atoms with Crippen molar-refractivity contribution in [3.8, 4) is 0 Å². The molecular weight excluding hydrogens is 324 g/mol. The molecule has 0 bridgehead atoms. The number of aromatic nitrogens is 1. The van der Waals surface area contributed by atoms with E-state index in [2.05, 4.69) is 10.5 Å². The number of amides is 3. The summed E-state index contributed by atoms with van der Waals surface area (Å²) in [7, 11) is 0. The van der Waals surface area contributed by atoms with Gasteiger partial charge in [0, 0.05) is 44.1 Å². The first-order valence-electron chi connectivity index (χ1n) is 8.85. The lowest BCUT2D eigenvalue weighted by Crippen LogP contribution is -2.56. The minimum absolute atomic E-state index is 0.0252. The quantitative estimate of drug-likeness (QED) is 0.840. The Morgan fingerprint density at radius 3 is 3.00 bits per heavy atom. The third kappa shape index (κ3) is 4.12. The number of β-amino-alcohol motifs (C(OH)–C–C–N with tert-alkyl or cyclic N) is 1. The van der Waals surface area contributed by atoms with E-state index in [1.54, 1.807) is 11.0 Å². The van der Waals surface area contributed by atoms with E-state index in [0.717, 1.165) is 31.5 Å². The SMILES string of the molecule is Cc1cc(CNC(=O)N2CCC[C@@]3(CCC(=O)N(CCO)C3)C2)on1. The molecule has 0 unspecified atom stereocenters. The monoisotopic (exact) mass is 350 g/mol. The van der Waals surface area contributed by atoms with Crippen molar-refractivity contribution in [2.75, 3.05) is 32.8 Å². The summed E-state index contributed by atoms with van der Waals surface area (Å²) in [5, 5.41) is 15.9. The number of carbonyl (C=O) groups excluding carboxylic acids is 2. The van der Waals surface area contributed by atoms with Crippen LogP contribution < -0.4 is 5.32 Å². The molecule has 0 saturated carbocycles. The molecule has 2 aliphatic rings. The van der Waals surface area contributed by atoms with E-state index in [4.69, 9.17) is 9.63 Å². The molecule has 0 radical (unpaired) electrons. The largest absolute Gasteiger partial charge is 0.395 e. The van der Waals surface area contributed by atoms with Crippen LogP contribution in [0.25, 0.3) is 0 Å². The Morgan fingerprint density at radius 1 is 1.44 bits per heavy atom. The second-order valence-electron chi connectivity index (χ2n) is 7.16. The van der Waals surface area contributed by atoms with Crippen LogP contribution in [0.5, 0.6) is 0 Å². The fraction of sp³-hybridized carbons (Fsp3) is 0.706. The molecule has 2 aliphatic heterocycles. The maximum Gasteiger partial charge on any atom is 0.317 e. The highest BCUT2D eigenvalue weighted by molar-refractivity contribution is 5.77. The van der Waals surface area contributed by atoms with Crippen molar-refractivity contribution in [1.82, 2.24) is 20.3 Å². The van der Waals surface area contributed by atoms with E-state index in [1.165, 1.54) is 0 Å². The lowest BCUT2D eigenvalue weighted by Gasteiger charge is -2.48. The number of nitrogens with one attached hydrogen (secondary N) is 1. The van der Waals surface area contributed by atoms with Gasteiger partial charge in [-0.2, -0.15) is 0 Å². The van der Waals surface area contributed by atoms with Crippen LogP contribution in [0, 0.1) is 12.3 Å². The molecule has 1 atom stereocenters. The van der Waals surface area contributed by atoms with E-state index >= 15 is 0 Å². The van der Waals surface area contributed by atoms with Gasteiger partial charge in [0.1, 0.15) is 0 Å². The van der Waals surface area contributed by atoms with Crippen molar-refractivity contribution in [3.63, 3.8) is 0 Å². The number of hydrogen-bond donors (Lipinski definition) is 2. The number of rotatable bonds is 4. The van der Waals surface area contributed by atoms with Crippen molar-refractivity contribution in [2.24, 2.45) is 5.41 Å². The first-order valence-corrected chi connectivity index (χ1v) is 8.85. The molecule has 0 aromatic carbocycles. The van der Waals surface area contributed by atoms with Crippen LogP contribution >= 0.6 is 0 Å². The highest BCUT2D eigenvalue weighted by Gasteiger charge is 2.42. The van der Waals surface area contributed by atoms with Gasteiger partial charge in [0.25, 0.3) is 0 Å². The number of likely N-dealkylation sites (tertiary alicyclic amines) is 2. The Hall–Kier alpha value is -2.09. The first kappa shape index (κ1) is 17.7. The molecule has 2 N–H and O–H groups in total. The molecule has 2 fully saturated rings. The van der Waals surface area contributed by atoms with Gasteiger partial charge in [-0.3, -0.25) is 4.79 Å². The van der Waals surface area contributed by atoms with Gasteiger partial charge in [0.15, 0.2) is 5.76 Å². The zero-order chi connectivity index (χ0) is 17.9. The molecular formula is C17H26N4O4. The van der Waals surface area contributed by atoms with Crippen LogP contribution in [-0.4, -0.2) is 64.8 Å². The topological polar surface area (TPSA) is 98.9 Å². The molecule has 1 aromatic rings. The smallest absolute Gasteiger partial charge is 0.317 e. The number of piperidine rings is 2. The highest BCUT2D eigenvalue weighted by Crippen LogP contribution is 2.38. The third-order valence-corrected chi connectivity index (χ3v) is 5.16. The van der Waals surface area contributed by atoms with Gasteiger partial charge in [0.05, 0.1) is 18.8 Å².